The highest BCUT2D eigenvalue weighted by Gasteiger charge is 2.32. The Morgan fingerprint density at radius 1 is 1.39 bits per heavy atom. The molecule has 0 radical (unpaired) electrons. The van der Waals surface area contributed by atoms with Gasteiger partial charge in [0.15, 0.2) is 5.17 Å². The third kappa shape index (κ3) is 3.48. The van der Waals surface area contributed by atoms with Gasteiger partial charge in [-0.2, -0.15) is 4.99 Å². The fraction of sp³-hybridized carbons (Fsp3) is 0.200. The zero-order valence-electron chi connectivity index (χ0n) is 12.5. The minimum Gasteiger partial charge on any atom is -0.287 e. The molecule has 1 aliphatic heterocycles. The number of aliphatic imine (C=N–C) groups is 1. The van der Waals surface area contributed by atoms with Crippen LogP contribution in [-0.4, -0.2) is 32.7 Å². The van der Waals surface area contributed by atoms with Crippen molar-refractivity contribution >= 4 is 45.4 Å². The van der Waals surface area contributed by atoms with E-state index >= 15 is 0 Å². The number of amidine groups is 1. The number of amides is 1. The minimum absolute atomic E-state index is 0.137. The number of carbonyl (C=O) groups is 1. The van der Waals surface area contributed by atoms with Gasteiger partial charge in [0.2, 0.25) is 5.13 Å². The molecule has 0 saturated carbocycles. The number of hydrogen-bond acceptors (Lipinski definition) is 6. The summed E-state index contributed by atoms with van der Waals surface area (Å²) in [4.78, 5) is 19.0. The van der Waals surface area contributed by atoms with E-state index in [0.717, 1.165) is 5.01 Å². The maximum Gasteiger partial charge on any atom is 0.266 e. The highest BCUT2D eigenvalue weighted by atomic mass is 32.2. The molecule has 0 spiro atoms. The molecule has 0 aliphatic carbocycles. The molecule has 23 heavy (non-hydrogen) atoms. The van der Waals surface area contributed by atoms with Gasteiger partial charge in [-0.1, -0.05) is 23.5 Å². The van der Waals surface area contributed by atoms with Crippen LogP contribution >= 0.6 is 23.1 Å². The maximum absolute atomic E-state index is 13.3. The van der Waals surface area contributed by atoms with Crippen LogP contribution in [0.25, 0.3) is 6.08 Å². The Kier molecular flexibility index (Phi) is 4.53. The molecule has 2 heterocycles. The summed E-state index contributed by atoms with van der Waals surface area (Å²) >= 11 is 2.63. The Morgan fingerprint density at radius 2 is 2.22 bits per heavy atom. The Bertz CT molecular complexity index is 815. The first-order valence-electron chi connectivity index (χ1n) is 6.92. The van der Waals surface area contributed by atoms with Crippen molar-refractivity contribution in [2.24, 2.45) is 4.99 Å². The number of thioether (sulfide) groups is 1. The number of halogens is 1. The summed E-state index contributed by atoms with van der Waals surface area (Å²) in [5.74, 6) is -0.470. The van der Waals surface area contributed by atoms with E-state index in [1.54, 1.807) is 23.1 Å². The summed E-state index contributed by atoms with van der Waals surface area (Å²) in [6.07, 6.45) is 1.67. The monoisotopic (exact) mass is 348 g/mol. The third-order valence-electron chi connectivity index (χ3n) is 3.06. The normalized spacial score (nSPS) is 18.4. The van der Waals surface area contributed by atoms with Gasteiger partial charge in [0.25, 0.3) is 5.91 Å². The Balaban J connectivity index is 1.93. The zero-order chi connectivity index (χ0) is 16.4. The minimum atomic E-state index is -0.333. The molecule has 1 aromatic carbocycles. The summed E-state index contributed by atoms with van der Waals surface area (Å²) in [6.45, 7) is 4.23. The molecule has 0 N–H and O–H groups in total. The van der Waals surface area contributed by atoms with Crippen molar-refractivity contribution in [1.82, 2.24) is 15.1 Å². The second-order valence-corrected chi connectivity index (χ2v) is 6.88. The van der Waals surface area contributed by atoms with E-state index in [4.69, 9.17) is 0 Å². The smallest absolute Gasteiger partial charge is 0.266 e. The van der Waals surface area contributed by atoms with Crippen LogP contribution in [0.15, 0.2) is 34.2 Å². The van der Waals surface area contributed by atoms with E-state index in [-0.39, 0.29) is 11.7 Å². The molecule has 1 fully saturated rings. The lowest BCUT2D eigenvalue weighted by atomic mass is 10.2. The fourth-order valence-electron chi connectivity index (χ4n) is 2.03. The molecule has 0 atom stereocenters. The van der Waals surface area contributed by atoms with Gasteiger partial charge in [0.1, 0.15) is 10.8 Å². The number of benzene rings is 1. The van der Waals surface area contributed by atoms with Gasteiger partial charge in [-0.25, -0.2) is 4.39 Å². The first-order chi connectivity index (χ1) is 11.1. The standard InChI is InChI=1S/C15H13FN4OS2/c1-3-20-13(21)12(8-10-5-4-6-11(16)7-10)23-15(20)17-14-19-18-9(2)22-14/h4-8H,3H2,1-2H3/b12-8-,17-15+. The van der Waals surface area contributed by atoms with Gasteiger partial charge in [-0.3, -0.25) is 9.69 Å². The Labute approximate surface area is 141 Å². The SMILES string of the molecule is CCN1C(=O)/C(=C/c2cccc(F)c2)S/C1=N/c1nnc(C)s1. The van der Waals surface area contributed by atoms with Crippen LogP contribution < -0.4 is 0 Å². The first kappa shape index (κ1) is 15.8. The molecule has 1 amide bonds. The summed E-state index contributed by atoms with van der Waals surface area (Å²) in [5.41, 5.74) is 0.643. The van der Waals surface area contributed by atoms with Crippen LogP contribution in [0.3, 0.4) is 0 Å². The van der Waals surface area contributed by atoms with Gasteiger partial charge in [0, 0.05) is 6.54 Å². The number of nitrogens with zero attached hydrogens (tertiary/aromatic N) is 4. The summed E-state index contributed by atoms with van der Waals surface area (Å²) in [5, 5.41) is 9.77. The molecule has 1 aromatic heterocycles. The first-order valence-corrected chi connectivity index (χ1v) is 8.56. The van der Waals surface area contributed by atoms with E-state index in [1.165, 1.54) is 35.2 Å². The fourth-order valence-corrected chi connectivity index (χ4v) is 3.69. The van der Waals surface area contributed by atoms with Crippen LogP contribution in [0.5, 0.6) is 0 Å². The van der Waals surface area contributed by atoms with Gasteiger partial charge in [-0.05, 0) is 49.4 Å². The zero-order valence-corrected chi connectivity index (χ0v) is 14.1. The Hall–Kier alpha value is -2.06. The van der Waals surface area contributed by atoms with Gasteiger partial charge in [-0.15, -0.1) is 10.2 Å². The number of likely N-dealkylation sites (N-methyl/N-ethyl adjacent to an activating group) is 1. The van der Waals surface area contributed by atoms with Crippen molar-refractivity contribution in [2.45, 2.75) is 13.8 Å². The Morgan fingerprint density at radius 3 is 2.87 bits per heavy atom. The van der Waals surface area contributed by atoms with Crippen molar-refractivity contribution in [3.05, 3.63) is 45.6 Å². The maximum atomic E-state index is 13.3. The van der Waals surface area contributed by atoms with Crippen molar-refractivity contribution in [3.63, 3.8) is 0 Å². The van der Waals surface area contributed by atoms with E-state index in [9.17, 15) is 9.18 Å². The number of hydrogen-bond donors (Lipinski definition) is 0. The van der Waals surface area contributed by atoms with Crippen molar-refractivity contribution < 1.29 is 9.18 Å². The average Bonchev–Trinajstić information content (AvgIpc) is 3.04. The highest BCUT2D eigenvalue weighted by Crippen LogP contribution is 2.34. The largest absolute Gasteiger partial charge is 0.287 e. The summed E-state index contributed by atoms with van der Waals surface area (Å²) in [7, 11) is 0. The van der Waals surface area contributed by atoms with Crippen molar-refractivity contribution in [3.8, 4) is 0 Å². The molecule has 5 nitrogen and oxygen atoms in total. The van der Waals surface area contributed by atoms with E-state index in [0.29, 0.717) is 27.3 Å². The summed E-state index contributed by atoms with van der Waals surface area (Å²) < 4.78 is 13.3. The summed E-state index contributed by atoms with van der Waals surface area (Å²) in [6, 6.07) is 6.13. The van der Waals surface area contributed by atoms with Crippen LogP contribution in [0.4, 0.5) is 9.52 Å². The molecule has 2 aromatic rings. The van der Waals surface area contributed by atoms with Crippen molar-refractivity contribution in [1.29, 1.82) is 0 Å². The van der Waals surface area contributed by atoms with E-state index in [2.05, 4.69) is 15.2 Å². The lowest BCUT2D eigenvalue weighted by Gasteiger charge is -2.11. The molecule has 8 heteroatoms. The van der Waals surface area contributed by atoms with Crippen LogP contribution in [-0.2, 0) is 4.79 Å². The number of carbonyl (C=O) groups excluding carboxylic acids is 1. The van der Waals surface area contributed by atoms with Crippen LogP contribution in [0.2, 0.25) is 0 Å². The second kappa shape index (κ2) is 6.59. The predicted molar refractivity (Wildman–Crippen MR) is 91.1 cm³/mol. The molecule has 3 rings (SSSR count). The lowest BCUT2D eigenvalue weighted by Crippen LogP contribution is -2.28. The molecule has 118 valence electrons. The lowest BCUT2D eigenvalue weighted by molar-refractivity contribution is -0.122. The molecular weight excluding hydrogens is 335 g/mol. The molecular formula is C15H13FN4OS2. The van der Waals surface area contributed by atoms with Crippen LogP contribution in [0, 0.1) is 12.7 Å². The van der Waals surface area contributed by atoms with E-state index in [1.807, 2.05) is 13.8 Å². The topological polar surface area (TPSA) is 58.5 Å². The van der Waals surface area contributed by atoms with Crippen molar-refractivity contribution in [2.75, 3.05) is 6.54 Å². The van der Waals surface area contributed by atoms with Gasteiger partial charge >= 0.3 is 0 Å². The molecule has 0 unspecified atom stereocenters. The van der Waals surface area contributed by atoms with E-state index < -0.39 is 0 Å². The number of rotatable bonds is 3. The molecule has 0 bridgehead atoms. The average molecular weight is 348 g/mol. The number of aromatic nitrogens is 2. The predicted octanol–water partition coefficient (Wildman–Crippen LogP) is 3.61. The third-order valence-corrected chi connectivity index (χ3v) is 4.80. The number of aryl methyl sites for hydroxylation is 1. The second-order valence-electron chi connectivity index (χ2n) is 4.71. The van der Waals surface area contributed by atoms with Gasteiger partial charge < -0.3 is 0 Å². The molecule has 1 saturated heterocycles. The van der Waals surface area contributed by atoms with Crippen LogP contribution in [0.1, 0.15) is 17.5 Å². The highest BCUT2D eigenvalue weighted by molar-refractivity contribution is 8.18. The quantitative estimate of drug-likeness (QED) is 0.795. The molecule has 1 aliphatic rings. The van der Waals surface area contributed by atoms with Gasteiger partial charge in [0.05, 0.1) is 4.91 Å².